The maximum absolute atomic E-state index is 12.6. The number of thioether (sulfide) groups is 1. The first-order chi connectivity index (χ1) is 9.38. The lowest BCUT2D eigenvalue weighted by molar-refractivity contribution is -0.185. The van der Waals surface area contributed by atoms with Crippen molar-refractivity contribution in [2.24, 2.45) is 5.92 Å². The molecule has 1 aliphatic rings. The van der Waals surface area contributed by atoms with Gasteiger partial charge in [0.15, 0.2) is 5.16 Å². The highest BCUT2D eigenvalue weighted by Crippen LogP contribution is 2.38. The van der Waals surface area contributed by atoms with Crippen molar-refractivity contribution in [2.75, 3.05) is 6.26 Å². The van der Waals surface area contributed by atoms with E-state index < -0.39 is 12.1 Å². The zero-order valence-electron chi connectivity index (χ0n) is 11.4. The molecule has 0 aliphatic heterocycles. The van der Waals surface area contributed by atoms with Crippen molar-refractivity contribution in [3.05, 3.63) is 11.8 Å². The lowest BCUT2D eigenvalue weighted by Crippen LogP contribution is -2.32. The molecule has 0 atom stereocenters. The van der Waals surface area contributed by atoms with Gasteiger partial charge in [0, 0.05) is 11.8 Å². The molecule has 0 unspecified atom stereocenters. The fourth-order valence-electron chi connectivity index (χ4n) is 2.34. The van der Waals surface area contributed by atoms with Crippen molar-refractivity contribution in [3.63, 3.8) is 0 Å². The highest BCUT2D eigenvalue weighted by atomic mass is 32.2. The standard InChI is InChI=1S/C13H17F3N2OS/c1-8-7-11(18-12(17-8)20-2)19-10-5-3-9(4-6-10)13(14,15)16/h7,9-10H,3-6H2,1-2H3. The molecule has 1 aromatic heterocycles. The predicted octanol–water partition coefficient (Wildman–Crippen LogP) is 4.01. The summed E-state index contributed by atoms with van der Waals surface area (Å²) in [7, 11) is 0. The zero-order valence-corrected chi connectivity index (χ0v) is 12.2. The lowest BCUT2D eigenvalue weighted by atomic mass is 9.87. The molecular weight excluding hydrogens is 289 g/mol. The normalized spacial score (nSPS) is 23.6. The van der Waals surface area contributed by atoms with Crippen molar-refractivity contribution in [2.45, 2.75) is 50.0 Å². The Morgan fingerprint density at radius 2 is 1.85 bits per heavy atom. The summed E-state index contributed by atoms with van der Waals surface area (Å²) in [6, 6.07) is 1.72. The average Bonchev–Trinajstić information content (AvgIpc) is 2.37. The highest BCUT2D eigenvalue weighted by Gasteiger charge is 2.41. The summed E-state index contributed by atoms with van der Waals surface area (Å²) in [5.74, 6) is -0.728. The van der Waals surface area contributed by atoms with Crippen LogP contribution in [-0.4, -0.2) is 28.5 Å². The molecule has 0 saturated heterocycles. The van der Waals surface area contributed by atoms with Gasteiger partial charge < -0.3 is 4.74 Å². The Kier molecular flexibility index (Phi) is 4.78. The van der Waals surface area contributed by atoms with Gasteiger partial charge in [0.2, 0.25) is 5.88 Å². The first-order valence-corrected chi connectivity index (χ1v) is 7.74. The molecule has 0 bridgehead atoms. The number of hydrogen-bond acceptors (Lipinski definition) is 4. The first-order valence-electron chi connectivity index (χ1n) is 6.51. The number of nitrogens with zero attached hydrogens (tertiary/aromatic N) is 2. The molecule has 3 nitrogen and oxygen atoms in total. The molecule has 1 aliphatic carbocycles. The third-order valence-electron chi connectivity index (χ3n) is 3.42. The predicted molar refractivity (Wildman–Crippen MR) is 71.0 cm³/mol. The van der Waals surface area contributed by atoms with Crippen LogP contribution in [0.4, 0.5) is 13.2 Å². The van der Waals surface area contributed by atoms with Gasteiger partial charge in [-0.1, -0.05) is 11.8 Å². The van der Waals surface area contributed by atoms with E-state index in [0.29, 0.717) is 23.9 Å². The molecule has 112 valence electrons. The Morgan fingerprint density at radius 1 is 1.20 bits per heavy atom. The molecule has 2 rings (SSSR count). The summed E-state index contributed by atoms with van der Waals surface area (Å²) in [5.41, 5.74) is 0.795. The number of ether oxygens (including phenoxy) is 1. The second-order valence-corrected chi connectivity index (χ2v) is 5.74. The van der Waals surface area contributed by atoms with Gasteiger partial charge in [-0.15, -0.1) is 0 Å². The summed E-state index contributed by atoms with van der Waals surface area (Å²) in [5, 5.41) is 0.615. The number of hydrogen-bond donors (Lipinski definition) is 0. The Labute approximate surface area is 120 Å². The fraction of sp³-hybridized carbons (Fsp3) is 0.692. The van der Waals surface area contributed by atoms with Crippen LogP contribution in [0.5, 0.6) is 5.88 Å². The third kappa shape index (κ3) is 4.01. The van der Waals surface area contributed by atoms with E-state index in [9.17, 15) is 13.2 Å². The maximum atomic E-state index is 12.6. The molecule has 1 saturated carbocycles. The van der Waals surface area contributed by atoms with Gasteiger partial charge in [-0.05, 0) is 38.9 Å². The summed E-state index contributed by atoms with van der Waals surface area (Å²) in [6.45, 7) is 1.84. The van der Waals surface area contributed by atoms with E-state index in [1.807, 2.05) is 13.2 Å². The van der Waals surface area contributed by atoms with Gasteiger partial charge in [-0.25, -0.2) is 4.98 Å². The van der Waals surface area contributed by atoms with Crippen molar-refractivity contribution < 1.29 is 17.9 Å². The lowest BCUT2D eigenvalue weighted by Gasteiger charge is -2.29. The monoisotopic (exact) mass is 306 g/mol. The van der Waals surface area contributed by atoms with Crippen LogP contribution >= 0.6 is 11.8 Å². The Morgan fingerprint density at radius 3 is 2.40 bits per heavy atom. The van der Waals surface area contributed by atoms with Crippen LogP contribution in [-0.2, 0) is 0 Å². The molecule has 0 spiro atoms. The summed E-state index contributed by atoms with van der Waals surface area (Å²) in [6.07, 6.45) is -1.29. The van der Waals surface area contributed by atoms with Crippen LogP contribution in [0.25, 0.3) is 0 Å². The quantitative estimate of drug-likeness (QED) is 0.624. The van der Waals surface area contributed by atoms with Crippen LogP contribution in [0, 0.1) is 12.8 Å². The number of aryl methyl sites for hydroxylation is 1. The minimum absolute atomic E-state index is 0.133. The Hall–Kier alpha value is -0.980. The zero-order chi connectivity index (χ0) is 14.8. The largest absolute Gasteiger partial charge is 0.474 e. The Balaban J connectivity index is 1.94. The molecule has 1 heterocycles. The van der Waals surface area contributed by atoms with Crippen LogP contribution in [0.15, 0.2) is 11.2 Å². The number of halogens is 3. The van der Waals surface area contributed by atoms with Crippen LogP contribution in [0.3, 0.4) is 0 Å². The van der Waals surface area contributed by atoms with E-state index in [-0.39, 0.29) is 18.9 Å². The summed E-state index contributed by atoms with van der Waals surface area (Å²) >= 11 is 1.41. The number of alkyl halides is 3. The van der Waals surface area contributed by atoms with Crippen LogP contribution < -0.4 is 4.74 Å². The number of aromatic nitrogens is 2. The van der Waals surface area contributed by atoms with Crippen molar-refractivity contribution in [1.29, 1.82) is 0 Å². The topological polar surface area (TPSA) is 35.0 Å². The fourth-order valence-corrected chi connectivity index (χ4v) is 2.76. The second kappa shape index (κ2) is 6.20. The molecule has 0 amide bonds. The van der Waals surface area contributed by atoms with E-state index in [0.717, 1.165) is 5.69 Å². The van der Waals surface area contributed by atoms with Gasteiger partial charge in [0.1, 0.15) is 6.10 Å². The smallest absolute Gasteiger partial charge is 0.391 e. The van der Waals surface area contributed by atoms with Crippen molar-refractivity contribution >= 4 is 11.8 Å². The molecule has 1 aromatic rings. The SMILES string of the molecule is CSc1nc(C)cc(OC2CCC(C(F)(F)F)CC2)n1. The summed E-state index contributed by atoms with van der Waals surface area (Å²) in [4.78, 5) is 8.43. The molecule has 0 N–H and O–H groups in total. The molecule has 0 aromatic carbocycles. The van der Waals surface area contributed by atoms with E-state index in [1.54, 1.807) is 6.07 Å². The minimum Gasteiger partial charge on any atom is -0.474 e. The molecular formula is C13H17F3N2OS. The minimum atomic E-state index is -4.08. The van der Waals surface area contributed by atoms with Gasteiger partial charge in [0.05, 0.1) is 5.92 Å². The van der Waals surface area contributed by atoms with E-state index in [2.05, 4.69) is 9.97 Å². The third-order valence-corrected chi connectivity index (χ3v) is 3.97. The van der Waals surface area contributed by atoms with Crippen molar-refractivity contribution in [1.82, 2.24) is 9.97 Å². The average molecular weight is 306 g/mol. The first kappa shape index (κ1) is 15.4. The molecule has 7 heteroatoms. The van der Waals surface area contributed by atoms with Gasteiger partial charge in [0.25, 0.3) is 0 Å². The van der Waals surface area contributed by atoms with Crippen molar-refractivity contribution in [3.8, 4) is 5.88 Å². The van der Waals surface area contributed by atoms with Crippen LogP contribution in [0.1, 0.15) is 31.4 Å². The molecule has 20 heavy (non-hydrogen) atoms. The van der Waals surface area contributed by atoms with Gasteiger partial charge in [-0.2, -0.15) is 18.2 Å². The Bertz CT molecular complexity index is 459. The van der Waals surface area contributed by atoms with Gasteiger partial charge in [-0.3, -0.25) is 0 Å². The summed E-state index contributed by atoms with van der Waals surface area (Å²) < 4.78 is 43.5. The second-order valence-electron chi connectivity index (χ2n) is 4.97. The van der Waals surface area contributed by atoms with E-state index >= 15 is 0 Å². The molecule has 0 radical (unpaired) electrons. The highest BCUT2D eigenvalue weighted by molar-refractivity contribution is 7.98. The maximum Gasteiger partial charge on any atom is 0.391 e. The molecule has 1 fully saturated rings. The van der Waals surface area contributed by atoms with E-state index in [4.69, 9.17) is 4.74 Å². The van der Waals surface area contributed by atoms with Gasteiger partial charge >= 0.3 is 6.18 Å². The van der Waals surface area contributed by atoms with E-state index in [1.165, 1.54) is 11.8 Å². The number of rotatable bonds is 3. The van der Waals surface area contributed by atoms with Crippen LogP contribution in [0.2, 0.25) is 0 Å².